The van der Waals surface area contributed by atoms with E-state index in [1.165, 1.54) is 0 Å². The molecule has 1 heterocycles. The number of aromatic nitrogens is 2. The SMILES string of the molecule is Cc1nn(C)c(CC2CC(C(C)C)CCC2C(=O)O)c1Br. The maximum Gasteiger partial charge on any atom is 0.306 e. The molecule has 0 spiro atoms. The molecule has 1 fully saturated rings. The van der Waals surface area contributed by atoms with Gasteiger partial charge in [0.15, 0.2) is 0 Å². The van der Waals surface area contributed by atoms with Crippen LogP contribution in [0.5, 0.6) is 0 Å². The number of carbonyl (C=O) groups is 1. The number of aryl methyl sites for hydroxylation is 2. The minimum Gasteiger partial charge on any atom is -0.481 e. The van der Waals surface area contributed by atoms with Gasteiger partial charge in [0.25, 0.3) is 0 Å². The normalized spacial score (nSPS) is 26.3. The van der Waals surface area contributed by atoms with E-state index in [1.807, 2.05) is 18.7 Å². The molecule has 0 aromatic carbocycles. The fourth-order valence-corrected chi connectivity index (χ4v) is 4.10. The maximum atomic E-state index is 11.6. The summed E-state index contributed by atoms with van der Waals surface area (Å²) in [5.74, 6) is 0.603. The Kier molecular flexibility index (Phi) is 5.12. The van der Waals surface area contributed by atoms with E-state index in [0.29, 0.717) is 11.8 Å². The minimum atomic E-state index is -0.641. The summed E-state index contributed by atoms with van der Waals surface area (Å²) < 4.78 is 2.91. The van der Waals surface area contributed by atoms with Crippen molar-refractivity contribution in [2.45, 2.75) is 46.5 Å². The van der Waals surface area contributed by atoms with Crippen molar-refractivity contribution < 1.29 is 9.90 Å². The zero-order valence-electron chi connectivity index (χ0n) is 13.3. The number of rotatable bonds is 4. The van der Waals surface area contributed by atoms with Gasteiger partial charge in [-0.15, -0.1) is 0 Å². The molecule has 0 aliphatic heterocycles. The Morgan fingerprint density at radius 3 is 2.62 bits per heavy atom. The van der Waals surface area contributed by atoms with E-state index in [9.17, 15) is 9.90 Å². The Morgan fingerprint density at radius 1 is 1.48 bits per heavy atom. The molecule has 1 aromatic heterocycles. The molecule has 2 rings (SSSR count). The van der Waals surface area contributed by atoms with Crippen molar-refractivity contribution in [2.75, 3.05) is 0 Å². The Hall–Kier alpha value is -0.840. The summed E-state index contributed by atoms with van der Waals surface area (Å²) >= 11 is 3.60. The monoisotopic (exact) mass is 356 g/mol. The number of hydrogen-bond donors (Lipinski definition) is 1. The van der Waals surface area contributed by atoms with Crippen LogP contribution in [-0.4, -0.2) is 20.9 Å². The lowest BCUT2D eigenvalue weighted by Gasteiger charge is -2.36. The molecular formula is C16H25BrN2O2. The third-order valence-corrected chi connectivity index (χ3v) is 6.03. The van der Waals surface area contributed by atoms with Crippen molar-refractivity contribution in [3.8, 4) is 0 Å². The van der Waals surface area contributed by atoms with Crippen LogP contribution in [-0.2, 0) is 18.3 Å². The number of carboxylic acids is 1. The van der Waals surface area contributed by atoms with Gasteiger partial charge in [-0.2, -0.15) is 5.10 Å². The summed E-state index contributed by atoms with van der Waals surface area (Å²) in [4.78, 5) is 11.6. The first kappa shape index (κ1) is 16.5. The highest BCUT2D eigenvalue weighted by Crippen LogP contribution is 2.40. The third kappa shape index (κ3) is 3.50. The van der Waals surface area contributed by atoms with E-state index >= 15 is 0 Å². The van der Waals surface area contributed by atoms with E-state index in [1.54, 1.807) is 0 Å². The highest BCUT2D eigenvalue weighted by Gasteiger charge is 2.36. The molecule has 118 valence electrons. The van der Waals surface area contributed by atoms with Crippen LogP contribution in [0.4, 0.5) is 0 Å². The summed E-state index contributed by atoms with van der Waals surface area (Å²) in [7, 11) is 1.94. The van der Waals surface area contributed by atoms with Gasteiger partial charge >= 0.3 is 5.97 Å². The molecule has 1 aliphatic carbocycles. The predicted octanol–water partition coefficient (Wildman–Crippen LogP) is 3.81. The van der Waals surface area contributed by atoms with Crippen LogP contribution in [0.15, 0.2) is 4.47 Å². The van der Waals surface area contributed by atoms with Gasteiger partial charge in [-0.1, -0.05) is 13.8 Å². The lowest BCUT2D eigenvalue weighted by atomic mass is 9.69. The number of halogens is 1. The largest absolute Gasteiger partial charge is 0.481 e. The van der Waals surface area contributed by atoms with Gasteiger partial charge in [0, 0.05) is 7.05 Å². The molecule has 0 radical (unpaired) electrons. The molecule has 0 amide bonds. The van der Waals surface area contributed by atoms with Gasteiger partial charge in [-0.05, 0) is 66.3 Å². The Bertz CT molecular complexity index is 525. The summed E-state index contributed by atoms with van der Waals surface area (Å²) in [5, 5.41) is 13.9. The Morgan fingerprint density at radius 2 is 2.14 bits per heavy atom. The van der Waals surface area contributed by atoms with Gasteiger partial charge in [0.05, 0.1) is 21.8 Å². The van der Waals surface area contributed by atoms with Crippen LogP contribution in [0.3, 0.4) is 0 Å². The first-order valence-corrected chi connectivity index (χ1v) is 8.51. The number of nitrogens with zero attached hydrogens (tertiary/aromatic N) is 2. The van der Waals surface area contributed by atoms with Gasteiger partial charge < -0.3 is 5.11 Å². The molecule has 1 aliphatic rings. The number of hydrogen-bond acceptors (Lipinski definition) is 2. The van der Waals surface area contributed by atoms with Crippen LogP contribution in [0.2, 0.25) is 0 Å². The average molecular weight is 357 g/mol. The second-order valence-corrected chi connectivity index (χ2v) is 7.49. The lowest BCUT2D eigenvalue weighted by Crippen LogP contribution is -2.34. The molecule has 0 saturated heterocycles. The summed E-state index contributed by atoms with van der Waals surface area (Å²) in [6.07, 6.45) is 3.64. The van der Waals surface area contributed by atoms with E-state index < -0.39 is 5.97 Å². The molecule has 1 N–H and O–H groups in total. The first-order valence-electron chi connectivity index (χ1n) is 7.72. The van der Waals surface area contributed by atoms with Gasteiger partial charge in [0.2, 0.25) is 0 Å². The average Bonchev–Trinajstić information content (AvgIpc) is 2.65. The zero-order chi connectivity index (χ0) is 15.7. The molecule has 21 heavy (non-hydrogen) atoms. The van der Waals surface area contributed by atoms with Crippen molar-refractivity contribution in [3.63, 3.8) is 0 Å². The molecule has 0 bridgehead atoms. The number of carboxylic acid groups (broad SMARTS) is 1. The van der Waals surface area contributed by atoms with Crippen molar-refractivity contribution in [3.05, 3.63) is 15.9 Å². The maximum absolute atomic E-state index is 11.6. The van der Waals surface area contributed by atoms with Crippen molar-refractivity contribution in [1.82, 2.24) is 9.78 Å². The Balaban J connectivity index is 2.22. The van der Waals surface area contributed by atoms with E-state index in [0.717, 1.165) is 41.5 Å². The molecule has 1 saturated carbocycles. The topological polar surface area (TPSA) is 55.1 Å². The van der Waals surface area contributed by atoms with Crippen LogP contribution in [0.25, 0.3) is 0 Å². The van der Waals surface area contributed by atoms with E-state index in [2.05, 4.69) is 34.9 Å². The van der Waals surface area contributed by atoms with E-state index in [-0.39, 0.29) is 11.8 Å². The quantitative estimate of drug-likeness (QED) is 0.892. The van der Waals surface area contributed by atoms with Crippen LogP contribution < -0.4 is 0 Å². The highest BCUT2D eigenvalue weighted by atomic mass is 79.9. The second kappa shape index (κ2) is 6.51. The minimum absolute atomic E-state index is 0.203. The van der Waals surface area contributed by atoms with Crippen molar-refractivity contribution in [1.29, 1.82) is 0 Å². The number of aliphatic carboxylic acids is 1. The molecule has 5 heteroatoms. The van der Waals surface area contributed by atoms with Crippen molar-refractivity contribution in [2.24, 2.45) is 30.7 Å². The van der Waals surface area contributed by atoms with Gasteiger partial charge in [-0.3, -0.25) is 9.48 Å². The molecule has 4 nitrogen and oxygen atoms in total. The highest BCUT2D eigenvalue weighted by molar-refractivity contribution is 9.10. The smallest absolute Gasteiger partial charge is 0.306 e. The van der Waals surface area contributed by atoms with Gasteiger partial charge in [-0.25, -0.2) is 0 Å². The molecule has 3 unspecified atom stereocenters. The van der Waals surface area contributed by atoms with Gasteiger partial charge in [0.1, 0.15) is 0 Å². The lowest BCUT2D eigenvalue weighted by molar-refractivity contribution is -0.145. The van der Waals surface area contributed by atoms with Crippen LogP contribution in [0.1, 0.15) is 44.5 Å². The standard InChI is InChI=1S/C16H25BrN2O2/c1-9(2)11-5-6-13(16(20)21)12(7-11)8-14-15(17)10(3)18-19(14)4/h9,11-13H,5-8H2,1-4H3,(H,20,21). The Labute approximate surface area is 135 Å². The predicted molar refractivity (Wildman–Crippen MR) is 86.1 cm³/mol. The second-order valence-electron chi connectivity index (χ2n) is 6.70. The van der Waals surface area contributed by atoms with E-state index in [4.69, 9.17) is 0 Å². The fourth-order valence-electron chi connectivity index (χ4n) is 3.61. The third-order valence-electron chi connectivity index (χ3n) is 5.00. The fraction of sp³-hybridized carbons (Fsp3) is 0.750. The summed E-state index contributed by atoms with van der Waals surface area (Å²) in [6, 6.07) is 0. The zero-order valence-corrected chi connectivity index (χ0v) is 14.9. The van der Waals surface area contributed by atoms with Crippen LogP contribution >= 0.6 is 15.9 Å². The van der Waals surface area contributed by atoms with Crippen LogP contribution in [0, 0.1) is 30.6 Å². The first-order chi connectivity index (χ1) is 9.81. The van der Waals surface area contributed by atoms with Crippen molar-refractivity contribution >= 4 is 21.9 Å². The molecule has 1 aromatic rings. The summed E-state index contributed by atoms with van der Waals surface area (Å²) in [5.41, 5.74) is 2.09. The molecular weight excluding hydrogens is 332 g/mol. The summed E-state index contributed by atoms with van der Waals surface area (Å²) in [6.45, 7) is 6.46. The molecule has 3 atom stereocenters.